The molecule has 0 radical (unpaired) electrons. The van der Waals surface area contributed by atoms with Crippen LogP contribution in [0.3, 0.4) is 0 Å². The zero-order chi connectivity index (χ0) is 23.0. The lowest BCUT2D eigenvalue weighted by atomic mass is 10.1. The zero-order valence-electron chi connectivity index (χ0n) is 16.8. The second-order valence-corrected chi connectivity index (χ2v) is 6.99. The van der Waals surface area contributed by atoms with Crippen LogP contribution in [0.2, 0.25) is 0 Å². The quantitative estimate of drug-likeness (QED) is 0.444. The molecule has 2 aromatic heterocycles. The number of hydrogen-bond acceptors (Lipinski definition) is 5. The summed E-state index contributed by atoms with van der Waals surface area (Å²) in [4.78, 5) is 15.9. The van der Waals surface area contributed by atoms with E-state index in [0.717, 1.165) is 10.9 Å². The van der Waals surface area contributed by atoms with Crippen molar-refractivity contribution in [3.63, 3.8) is 0 Å². The number of amides is 1. The van der Waals surface area contributed by atoms with E-state index in [-0.39, 0.29) is 23.6 Å². The first-order valence-corrected chi connectivity index (χ1v) is 9.30. The third kappa shape index (κ3) is 4.13. The highest BCUT2D eigenvalue weighted by Gasteiger charge is 2.38. The summed E-state index contributed by atoms with van der Waals surface area (Å²) in [6.07, 6.45) is -3.03. The number of benzene rings is 2. The van der Waals surface area contributed by atoms with E-state index >= 15 is 0 Å². The average molecular weight is 448 g/mol. The van der Waals surface area contributed by atoms with Gasteiger partial charge < -0.3 is 19.1 Å². The fourth-order valence-corrected chi connectivity index (χ4v) is 3.27. The largest absolute Gasteiger partial charge is 0.497 e. The van der Waals surface area contributed by atoms with Crippen molar-refractivity contribution in [2.75, 3.05) is 12.4 Å². The normalized spacial score (nSPS) is 11.7. The predicted molar refractivity (Wildman–Crippen MR) is 107 cm³/mol. The van der Waals surface area contributed by atoms with Gasteiger partial charge >= 0.3 is 12.1 Å². The maximum atomic E-state index is 14.0. The van der Waals surface area contributed by atoms with Crippen molar-refractivity contribution in [3.8, 4) is 17.1 Å². The molecule has 1 amide bonds. The van der Waals surface area contributed by atoms with Crippen LogP contribution >= 0.6 is 0 Å². The highest BCUT2D eigenvalue weighted by Crippen LogP contribution is 2.31. The summed E-state index contributed by atoms with van der Waals surface area (Å²) >= 11 is 0. The number of carbonyl (C=O) groups excluding carboxylic acids is 1. The SMILES string of the molecule is COc1ccc(F)c(NC(=O)Cn2cc(C)c3ccc(-c4noc(C(F)(F)F)n4)cc32)c1. The number of aryl methyl sites for hydroxylation is 1. The summed E-state index contributed by atoms with van der Waals surface area (Å²) in [5.41, 5.74) is 1.67. The van der Waals surface area contributed by atoms with Crippen molar-refractivity contribution >= 4 is 22.5 Å². The molecule has 2 aromatic carbocycles. The zero-order valence-corrected chi connectivity index (χ0v) is 16.8. The van der Waals surface area contributed by atoms with Crippen molar-refractivity contribution in [1.82, 2.24) is 14.7 Å². The Morgan fingerprint density at radius 1 is 1.22 bits per heavy atom. The molecule has 32 heavy (non-hydrogen) atoms. The minimum absolute atomic E-state index is 0.0327. The number of fused-ring (bicyclic) bond motifs is 1. The second kappa shape index (κ2) is 7.98. The lowest BCUT2D eigenvalue weighted by Gasteiger charge is -2.10. The summed E-state index contributed by atoms with van der Waals surface area (Å²) in [5.74, 6) is -2.41. The molecule has 11 heteroatoms. The van der Waals surface area contributed by atoms with Crippen molar-refractivity contribution in [2.45, 2.75) is 19.6 Å². The molecular weight excluding hydrogens is 432 g/mol. The van der Waals surface area contributed by atoms with E-state index in [9.17, 15) is 22.4 Å². The summed E-state index contributed by atoms with van der Waals surface area (Å²) in [7, 11) is 1.42. The summed E-state index contributed by atoms with van der Waals surface area (Å²) in [6, 6.07) is 8.79. The fraction of sp³-hybridized carbons (Fsp3) is 0.190. The number of ether oxygens (including phenoxy) is 1. The van der Waals surface area contributed by atoms with Crippen molar-refractivity contribution in [3.05, 3.63) is 59.9 Å². The Labute approximate surface area is 178 Å². The number of halogens is 4. The van der Waals surface area contributed by atoms with Crippen LogP contribution in [-0.4, -0.2) is 27.7 Å². The molecule has 0 spiro atoms. The molecule has 0 fully saturated rings. The number of carbonyl (C=O) groups is 1. The molecule has 7 nitrogen and oxygen atoms in total. The van der Waals surface area contributed by atoms with Gasteiger partial charge in [-0.1, -0.05) is 17.3 Å². The first-order valence-electron chi connectivity index (χ1n) is 9.30. The van der Waals surface area contributed by atoms with E-state index in [1.807, 2.05) is 6.92 Å². The molecule has 4 aromatic rings. The monoisotopic (exact) mass is 448 g/mol. The minimum atomic E-state index is -4.75. The molecule has 0 saturated carbocycles. The minimum Gasteiger partial charge on any atom is -0.497 e. The maximum Gasteiger partial charge on any atom is 0.471 e. The van der Waals surface area contributed by atoms with Gasteiger partial charge in [0.1, 0.15) is 18.1 Å². The Balaban J connectivity index is 1.62. The molecule has 166 valence electrons. The van der Waals surface area contributed by atoms with Crippen LogP contribution in [0.4, 0.5) is 23.2 Å². The Bertz CT molecular complexity index is 1310. The summed E-state index contributed by atoms with van der Waals surface area (Å²) in [6.45, 7) is 1.67. The predicted octanol–water partition coefficient (Wildman–Crippen LogP) is 4.80. The molecule has 1 N–H and O–H groups in total. The number of alkyl halides is 3. The first-order chi connectivity index (χ1) is 15.2. The van der Waals surface area contributed by atoms with Gasteiger partial charge in [-0.25, -0.2) is 4.39 Å². The van der Waals surface area contributed by atoms with Crippen molar-refractivity contribution in [2.24, 2.45) is 0 Å². The van der Waals surface area contributed by atoms with E-state index in [4.69, 9.17) is 4.74 Å². The molecule has 0 aliphatic rings. The molecular formula is C21H16F4N4O3. The van der Waals surface area contributed by atoms with Gasteiger partial charge in [0.15, 0.2) is 0 Å². The van der Waals surface area contributed by atoms with Crippen LogP contribution < -0.4 is 10.1 Å². The Morgan fingerprint density at radius 3 is 2.69 bits per heavy atom. The smallest absolute Gasteiger partial charge is 0.471 e. The number of nitrogens with zero attached hydrogens (tertiary/aromatic N) is 3. The number of anilines is 1. The number of nitrogens with one attached hydrogen (secondary N) is 1. The van der Waals surface area contributed by atoms with Crippen molar-refractivity contribution < 1.29 is 31.6 Å². The molecule has 0 atom stereocenters. The Hall–Kier alpha value is -3.89. The molecule has 0 aliphatic heterocycles. The lowest BCUT2D eigenvalue weighted by molar-refractivity contribution is -0.159. The molecule has 2 heterocycles. The molecule has 0 saturated heterocycles. The summed E-state index contributed by atoms with van der Waals surface area (Å²) in [5, 5.41) is 6.67. The Morgan fingerprint density at radius 2 is 2.00 bits per heavy atom. The van der Waals surface area contributed by atoms with Crippen LogP contribution in [0.1, 0.15) is 11.5 Å². The van der Waals surface area contributed by atoms with Gasteiger partial charge in [-0.05, 0) is 30.7 Å². The van der Waals surface area contributed by atoms with Gasteiger partial charge in [0.2, 0.25) is 11.7 Å². The highest BCUT2D eigenvalue weighted by molar-refractivity contribution is 5.93. The Kier molecular flexibility index (Phi) is 5.33. The van der Waals surface area contributed by atoms with E-state index in [0.29, 0.717) is 11.3 Å². The molecule has 0 unspecified atom stereocenters. The number of methoxy groups -OCH3 is 1. The fourth-order valence-electron chi connectivity index (χ4n) is 3.27. The van der Waals surface area contributed by atoms with Gasteiger partial charge in [0, 0.05) is 28.7 Å². The lowest BCUT2D eigenvalue weighted by Crippen LogP contribution is -2.19. The van der Waals surface area contributed by atoms with Gasteiger partial charge in [0.25, 0.3) is 0 Å². The molecule has 4 rings (SSSR count). The first kappa shape index (κ1) is 21.3. The van der Waals surface area contributed by atoms with Crippen LogP contribution in [0.25, 0.3) is 22.3 Å². The molecule has 0 bridgehead atoms. The second-order valence-electron chi connectivity index (χ2n) is 6.99. The van der Waals surface area contributed by atoms with E-state index in [2.05, 4.69) is 20.0 Å². The van der Waals surface area contributed by atoms with Gasteiger partial charge in [-0.3, -0.25) is 4.79 Å². The number of rotatable bonds is 5. The average Bonchev–Trinajstić information content (AvgIpc) is 3.35. The van der Waals surface area contributed by atoms with E-state index in [1.54, 1.807) is 29.0 Å². The topological polar surface area (TPSA) is 82.2 Å². The van der Waals surface area contributed by atoms with E-state index < -0.39 is 23.8 Å². The summed E-state index contributed by atoms with van der Waals surface area (Å²) < 4.78 is 63.2. The van der Waals surface area contributed by atoms with Gasteiger partial charge in [-0.2, -0.15) is 18.2 Å². The highest BCUT2D eigenvalue weighted by atomic mass is 19.4. The third-order valence-electron chi connectivity index (χ3n) is 4.77. The standard InChI is InChI=1S/C21H16F4N4O3/c1-11-9-29(10-18(30)26-16-8-13(31-2)4-6-15(16)22)17-7-12(3-5-14(11)17)19-27-20(32-28-19)21(23,24)25/h3-9H,10H2,1-2H3,(H,26,30). The number of hydrogen-bond donors (Lipinski definition) is 1. The van der Waals surface area contributed by atoms with Gasteiger partial charge in [0.05, 0.1) is 12.8 Å². The van der Waals surface area contributed by atoms with E-state index in [1.165, 1.54) is 25.3 Å². The van der Waals surface area contributed by atoms with Gasteiger partial charge in [-0.15, -0.1) is 0 Å². The third-order valence-corrected chi connectivity index (χ3v) is 4.77. The van der Waals surface area contributed by atoms with Crippen molar-refractivity contribution in [1.29, 1.82) is 0 Å². The van der Waals surface area contributed by atoms with Crippen LogP contribution in [-0.2, 0) is 17.5 Å². The number of aromatic nitrogens is 3. The van der Waals surface area contributed by atoms with Crippen LogP contribution in [0.15, 0.2) is 47.1 Å². The maximum absolute atomic E-state index is 14.0. The van der Waals surface area contributed by atoms with Crippen LogP contribution in [0.5, 0.6) is 5.75 Å². The van der Waals surface area contributed by atoms with Crippen LogP contribution in [0, 0.1) is 12.7 Å². The molecule has 0 aliphatic carbocycles.